The third-order valence-electron chi connectivity index (χ3n) is 3.11. The molecule has 2 atom stereocenters. The molecular formula is C15H20BrNO2. The van der Waals surface area contributed by atoms with Gasteiger partial charge in [-0.3, -0.25) is 0 Å². The van der Waals surface area contributed by atoms with Gasteiger partial charge < -0.3 is 10.1 Å². The zero-order valence-corrected chi connectivity index (χ0v) is 13.2. The number of halogens is 1. The van der Waals surface area contributed by atoms with Crippen LogP contribution in [0.25, 0.3) is 0 Å². The summed E-state index contributed by atoms with van der Waals surface area (Å²) in [5, 5.41) is 2.84. The molecule has 1 saturated carbocycles. The van der Waals surface area contributed by atoms with Crippen LogP contribution in [0.1, 0.15) is 38.7 Å². The van der Waals surface area contributed by atoms with Crippen molar-refractivity contribution < 1.29 is 9.53 Å². The maximum Gasteiger partial charge on any atom is 0.407 e. The van der Waals surface area contributed by atoms with E-state index in [0.717, 1.165) is 10.9 Å². The number of ether oxygens (including phenoxy) is 1. The van der Waals surface area contributed by atoms with Gasteiger partial charge in [0.1, 0.15) is 5.60 Å². The lowest BCUT2D eigenvalue weighted by Gasteiger charge is -2.19. The fourth-order valence-corrected chi connectivity index (χ4v) is 2.56. The van der Waals surface area contributed by atoms with E-state index in [2.05, 4.69) is 39.4 Å². The largest absolute Gasteiger partial charge is 0.444 e. The lowest BCUT2D eigenvalue weighted by molar-refractivity contribution is 0.0525. The zero-order chi connectivity index (χ0) is 14.0. The highest BCUT2D eigenvalue weighted by Gasteiger charge is 2.38. The summed E-state index contributed by atoms with van der Waals surface area (Å²) in [6.07, 6.45) is 0.805. The first-order valence-corrected chi connectivity index (χ1v) is 7.37. The van der Waals surface area contributed by atoms with Crippen LogP contribution >= 0.6 is 15.9 Å². The quantitative estimate of drug-likeness (QED) is 0.909. The van der Waals surface area contributed by atoms with Crippen LogP contribution in [0.15, 0.2) is 28.7 Å². The van der Waals surface area contributed by atoms with Gasteiger partial charge in [-0.2, -0.15) is 0 Å². The van der Waals surface area contributed by atoms with Crippen molar-refractivity contribution in [2.75, 3.05) is 6.54 Å². The van der Waals surface area contributed by atoms with Gasteiger partial charge in [-0.05, 0) is 56.7 Å². The fraction of sp³-hybridized carbons (Fsp3) is 0.533. The SMILES string of the molecule is CC(C)(C)OC(=O)NCC1CC1c1cccc(Br)c1. The van der Waals surface area contributed by atoms with E-state index < -0.39 is 5.60 Å². The molecule has 4 heteroatoms. The molecule has 0 radical (unpaired) electrons. The number of nitrogens with one attached hydrogen (secondary N) is 1. The standard InChI is InChI=1S/C15H20BrNO2/c1-15(2,3)19-14(18)17-9-11-8-13(11)10-5-4-6-12(16)7-10/h4-7,11,13H,8-9H2,1-3H3,(H,17,18). The van der Waals surface area contributed by atoms with Gasteiger partial charge in [-0.1, -0.05) is 28.1 Å². The molecule has 1 aromatic rings. The molecule has 0 saturated heterocycles. The van der Waals surface area contributed by atoms with Crippen molar-refractivity contribution in [3.05, 3.63) is 34.3 Å². The van der Waals surface area contributed by atoms with Crippen LogP contribution in [0.3, 0.4) is 0 Å². The Bertz CT molecular complexity index is 467. The third kappa shape index (κ3) is 4.53. The van der Waals surface area contributed by atoms with Gasteiger partial charge in [0, 0.05) is 11.0 Å². The molecule has 0 heterocycles. The second-order valence-corrected chi connectivity index (χ2v) is 6.96. The van der Waals surface area contributed by atoms with E-state index in [-0.39, 0.29) is 6.09 Å². The summed E-state index contributed by atoms with van der Waals surface area (Å²) >= 11 is 3.48. The van der Waals surface area contributed by atoms with E-state index >= 15 is 0 Å². The van der Waals surface area contributed by atoms with E-state index in [1.54, 1.807) is 0 Å². The van der Waals surface area contributed by atoms with Crippen molar-refractivity contribution >= 4 is 22.0 Å². The number of hydrogen-bond donors (Lipinski definition) is 1. The van der Waals surface area contributed by atoms with Crippen molar-refractivity contribution in [2.24, 2.45) is 5.92 Å². The van der Waals surface area contributed by atoms with Crippen LogP contribution in [0, 0.1) is 5.92 Å². The number of alkyl carbamates (subject to hydrolysis) is 1. The van der Waals surface area contributed by atoms with Crippen molar-refractivity contribution in [3.63, 3.8) is 0 Å². The van der Waals surface area contributed by atoms with Crippen LogP contribution in [0.5, 0.6) is 0 Å². The van der Waals surface area contributed by atoms with Gasteiger partial charge in [-0.15, -0.1) is 0 Å². The number of amides is 1. The molecule has 104 valence electrons. The number of benzene rings is 1. The second kappa shape index (κ2) is 5.53. The molecule has 1 N–H and O–H groups in total. The first-order chi connectivity index (χ1) is 8.85. The monoisotopic (exact) mass is 325 g/mol. The van der Waals surface area contributed by atoms with Crippen molar-refractivity contribution in [1.82, 2.24) is 5.32 Å². The van der Waals surface area contributed by atoms with Gasteiger partial charge in [0.25, 0.3) is 0 Å². The molecule has 1 amide bonds. The van der Waals surface area contributed by atoms with Crippen LogP contribution < -0.4 is 5.32 Å². The van der Waals surface area contributed by atoms with Gasteiger partial charge in [0.05, 0.1) is 0 Å². The van der Waals surface area contributed by atoms with Gasteiger partial charge in [-0.25, -0.2) is 4.79 Å². The smallest absolute Gasteiger partial charge is 0.407 e. The minimum absolute atomic E-state index is 0.326. The highest BCUT2D eigenvalue weighted by molar-refractivity contribution is 9.10. The highest BCUT2D eigenvalue weighted by Crippen LogP contribution is 2.47. The Hall–Kier alpha value is -1.03. The van der Waals surface area contributed by atoms with Gasteiger partial charge >= 0.3 is 6.09 Å². The Kier molecular flexibility index (Phi) is 4.19. The third-order valence-corrected chi connectivity index (χ3v) is 3.60. The predicted molar refractivity (Wildman–Crippen MR) is 79.2 cm³/mol. The topological polar surface area (TPSA) is 38.3 Å². The maximum absolute atomic E-state index is 11.5. The average Bonchev–Trinajstić information content (AvgIpc) is 3.03. The molecule has 2 unspecified atom stereocenters. The summed E-state index contributed by atoms with van der Waals surface area (Å²) in [7, 11) is 0. The van der Waals surface area contributed by atoms with Gasteiger partial charge in [0.2, 0.25) is 0 Å². The van der Waals surface area contributed by atoms with Crippen LogP contribution in [0.2, 0.25) is 0 Å². The molecule has 1 aliphatic carbocycles. The van der Waals surface area contributed by atoms with Crippen molar-refractivity contribution in [2.45, 2.75) is 38.7 Å². The number of carbonyl (C=O) groups is 1. The van der Waals surface area contributed by atoms with E-state index in [1.807, 2.05) is 26.8 Å². The number of carbonyl (C=O) groups excluding carboxylic acids is 1. The Labute approximate surface area is 122 Å². The van der Waals surface area contributed by atoms with Crippen LogP contribution in [-0.4, -0.2) is 18.2 Å². The summed E-state index contributed by atoms with van der Waals surface area (Å²) in [6, 6.07) is 8.37. The van der Waals surface area contributed by atoms with E-state index in [4.69, 9.17) is 4.74 Å². The van der Waals surface area contributed by atoms with Crippen molar-refractivity contribution in [1.29, 1.82) is 0 Å². The molecule has 19 heavy (non-hydrogen) atoms. The molecule has 0 bridgehead atoms. The zero-order valence-electron chi connectivity index (χ0n) is 11.6. The van der Waals surface area contributed by atoms with Crippen LogP contribution in [-0.2, 0) is 4.74 Å². The van der Waals surface area contributed by atoms with E-state index in [0.29, 0.717) is 18.4 Å². The maximum atomic E-state index is 11.5. The van der Waals surface area contributed by atoms with E-state index in [1.165, 1.54) is 5.56 Å². The summed E-state index contributed by atoms with van der Waals surface area (Å²) in [6.45, 7) is 6.29. The van der Waals surface area contributed by atoms with Gasteiger partial charge in [0.15, 0.2) is 0 Å². The number of rotatable bonds is 3. The molecule has 2 rings (SSSR count). The lowest BCUT2D eigenvalue weighted by Crippen LogP contribution is -2.33. The normalized spacial score (nSPS) is 21.9. The molecule has 0 aromatic heterocycles. The Balaban J connectivity index is 1.77. The fourth-order valence-electron chi connectivity index (χ4n) is 2.15. The first kappa shape index (κ1) is 14.4. The van der Waals surface area contributed by atoms with Crippen molar-refractivity contribution in [3.8, 4) is 0 Å². The molecule has 1 aromatic carbocycles. The Morgan fingerprint density at radius 3 is 2.84 bits per heavy atom. The summed E-state index contributed by atoms with van der Waals surface area (Å²) in [4.78, 5) is 11.5. The molecule has 0 spiro atoms. The second-order valence-electron chi connectivity index (χ2n) is 6.04. The average molecular weight is 326 g/mol. The molecule has 1 aliphatic rings. The lowest BCUT2D eigenvalue weighted by atomic mass is 10.1. The van der Waals surface area contributed by atoms with Crippen LogP contribution in [0.4, 0.5) is 4.79 Å². The molecule has 0 aliphatic heterocycles. The molecule has 3 nitrogen and oxygen atoms in total. The predicted octanol–water partition coefficient (Wildman–Crippen LogP) is 4.08. The summed E-state index contributed by atoms with van der Waals surface area (Å²) in [5.74, 6) is 1.09. The first-order valence-electron chi connectivity index (χ1n) is 6.57. The summed E-state index contributed by atoms with van der Waals surface area (Å²) in [5.41, 5.74) is 0.905. The highest BCUT2D eigenvalue weighted by atomic mass is 79.9. The minimum atomic E-state index is -0.433. The molecule has 1 fully saturated rings. The Morgan fingerprint density at radius 2 is 2.21 bits per heavy atom. The Morgan fingerprint density at radius 1 is 1.47 bits per heavy atom. The molecular weight excluding hydrogens is 306 g/mol. The number of hydrogen-bond acceptors (Lipinski definition) is 2. The summed E-state index contributed by atoms with van der Waals surface area (Å²) < 4.78 is 6.33. The minimum Gasteiger partial charge on any atom is -0.444 e. The van der Waals surface area contributed by atoms with E-state index in [9.17, 15) is 4.79 Å².